The lowest BCUT2D eigenvalue weighted by molar-refractivity contribution is -0.119. The van der Waals surface area contributed by atoms with Gasteiger partial charge in [0.1, 0.15) is 5.82 Å². The molecule has 0 radical (unpaired) electrons. The predicted molar refractivity (Wildman–Crippen MR) is 106 cm³/mol. The van der Waals surface area contributed by atoms with Gasteiger partial charge in [-0.15, -0.1) is 5.10 Å². The molecule has 0 aliphatic carbocycles. The molecule has 0 bridgehead atoms. The number of rotatable bonds is 6. The van der Waals surface area contributed by atoms with Crippen LogP contribution < -0.4 is 5.32 Å². The zero-order valence-electron chi connectivity index (χ0n) is 14.2. The summed E-state index contributed by atoms with van der Waals surface area (Å²) in [6, 6.07) is 11.3. The van der Waals surface area contributed by atoms with E-state index >= 15 is 0 Å². The molecule has 0 spiro atoms. The molecule has 0 saturated carbocycles. The molecule has 0 saturated heterocycles. The Balaban J connectivity index is 1.56. The molecule has 3 rings (SSSR count). The standard InChI is InChI=1S/C18H15Cl2FN4OS/c1-10(11-6-7-13(19)14(20)8-11)22-16(26)9-27-18-23-17(24-25-18)12-4-2-3-5-15(12)21/h2-8,10H,9H2,1H3,(H,22,26)(H,23,24,25). The quantitative estimate of drug-likeness (QED) is 0.552. The van der Waals surface area contributed by atoms with E-state index in [0.717, 1.165) is 17.3 Å². The van der Waals surface area contributed by atoms with Crippen molar-refractivity contribution in [2.45, 2.75) is 18.1 Å². The Kier molecular flexibility index (Phi) is 6.36. The maximum Gasteiger partial charge on any atom is 0.230 e. The lowest BCUT2D eigenvalue weighted by Gasteiger charge is -2.14. The number of H-pyrrole nitrogens is 1. The molecule has 3 aromatic rings. The molecule has 2 N–H and O–H groups in total. The first-order valence-corrected chi connectivity index (χ1v) is 9.72. The molecule has 2 aromatic carbocycles. The van der Waals surface area contributed by atoms with E-state index in [1.54, 1.807) is 30.3 Å². The summed E-state index contributed by atoms with van der Waals surface area (Å²) in [4.78, 5) is 16.4. The number of hydrogen-bond acceptors (Lipinski definition) is 4. The highest BCUT2D eigenvalue weighted by atomic mass is 35.5. The molecular formula is C18H15Cl2FN4OS. The zero-order chi connectivity index (χ0) is 19.4. The number of amides is 1. The number of hydrogen-bond donors (Lipinski definition) is 2. The van der Waals surface area contributed by atoms with Gasteiger partial charge in [-0.05, 0) is 36.8 Å². The smallest absolute Gasteiger partial charge is 0.230 e. The summed E-state index contributed by atoms with van der Waals surface area (Å²) in [7, 11) is 0. The Morgan fingerprint density at radius 3 is 2.78 bits per heavy atom. The maximum atomic E-state index is 13.8. The molecule has 9 heteroatoms. The molecule has 1 heterocycles. The van der Waals surface area contributed by atoms with Gasteiger partial charge < -0.3 is 5.32 Å². The molecule has 5 nitrogen and oxygen atoms in total. The molecule has 140 valence electrons. The van der Waals surface area contributed by atoms with Crippen LogP contribution in [0, 0.1) is 5.82 Å². The van der Waals surface area contributed by atoms with Crippen molar-refractivity contribution in [3.05, 3.63) is 63.9 Å². The summed E-state index contributed by atoms with van der Waals surface area (Å²) in [5.41, 5.74) is 1.18. The fourth-order valence-corrected chi connectivity index (χ4v) is 3.28. The van der Waals surface area contributed by atoms with Crippen LogP contribution in [0.25, 0.3) is 11.4 Å². The number of benzene rings is 2. The average Bonchev–Trinajstić information content (AvgIpc) is 3.11. The van der Waals surface area contributed by atoms with E-state index in [9.17, 15) is 9.18 Å². The fraction of sp³-hybridized carbons (Fsp3) is 0.167. The van der Waals surface area contributed by atoms with E-state index in [4.69, 9.17) is 23.2 Å². The second-order valence-corrected chi connectivity index (χ2v) is 7.45. The van der Waals surface area contributed by atoms with Crippen molar-refractivity contribution in [1.29, 1.82) is 0 Å². The van der Waals surface area contributed by atoms with Crippen molar-refractivity contribution >= 4 is 40.9 Å². The Morgan fingerprint density at radius 1 is 1.26 bits per heavy atom. The van der Waals surface area contributed by atoms with Gasteiger partial charge in [0.05, 0.1) is 27.4 Å². The van der Waals surface area contributed by atoms with Crippen molar-refractivity contribution in [3.8, 4) is 11.4 Å². The maximum absolute atomic E-state index is 13.8. The molecule has 1 amide bonds. The van der Waals surface area contributed by atoms with Crippen molar-refractivity contribution in [1.82, 2.24) is 20.5 Å². The number of carbonyl (C=O) groups is 1. The van der Waals surface area contributed by atoms with Gasteiger partial charge in [0, 0.05) is 0 Å². The van der Waals surface area contributed by atoms with Gasteiger partial charge >= 0.3 is 0 Å². The van der Waals surface area contributed by atoms with Gasteiger partial charge in [0.25, 0.3) is 0 Å². The van der Waals surface area contributed by atoms with Gasteiger partial charge in [-0.1, -0.05) is 53.2 Å². The molecule has 0 fully saturated rings. The summed E-state index contributed by atoms with van der Waals surface area (Å²) in [6.07, 6.45) is 0. The minimum atomic E-state index is -0.390. The van der Waals surface area contributed by atoms with E-state index in [1.165, 1.54) is 6.07 Å². The van der Waals surface area contributed by atoms with Crippen LogP contribution in [-0.4, -0.2) is 26.8 Å². The minimum Gasteiger partial charge on any atom is -0.349 e. The van der Waals surface area contributed by atoms with E-state index in [2.05, 4.69) is 20.5 Å². The lowest BCUT2D eigenvalue weighted by Crippen LogP contribution is -2.28. The molecule has 0 aliphatic heterocycles. The average molecular weight is 425 g/mol. The molecule has 1 aromatic heterocycles. The summed E-state index contributed by atoms with van der Waals surface area (Å²) >= 11 is 13.1. The van der Waals surface area contributed by atoms with Crippen LogP contribution in [0.5, 0.6) is 0 Å². The zero-order valence-corrected chi connectivity index (χ0v) is 16.5. The molecular weight excluding hydrogens is 410 g/mol. The van der Waals surface area contributed by atoms with Gasteiger partial charge in [-0.25, -0.2) is 9.37 Å². The Bertz CT molecular complexity index is 966. The van der Waals surface area contributed by atoms with Crippen molar-refractivity contribution < 1.29 is 9.18 Å². The van der Waals surface area contributed by atoms with Crippen LogP contribution in [0.4, 0.5) is 4.39 Å². The number of carbonyl (C=O) groups excluding carboxylic acids is 1. The molecule has 0 aliphatic rings. The van der Waals surface area contributed by atoms with Gasteiger partial charge in [-0.3, -0.25) is 9.89 Å². The highest BCUT2D eigenvalue weighted by Gasteiger charge is 2.14. The third-order valence-electron chi connectivity index (χ3n) is 3.75. The summed E-state index contributed by atoms with van der Waals surface area (Å²) in [6.45, 7) is 1.85. The lowest BCUT2D eigenvalue weighted by atomic mass is 10.1. The number of nitrogens with zero attached hydrogens (tertiary/aromatic N) is 2. The first-order chi connectivity index (χ1) is 12.9. The van der Waals surface area contributed by atoms with E-state index in [0.29, 0.717) is 26.6 Å². The van der Waals surface area contributed by atoms with Crippen molar-refractivity contribution in [2.75, 3.05) is 5.75 Å². The molecule has 27 heavy (non-hydrogen) atoms. The van der Waals surface area contributed by atoms with Crippen LogP contribution in [-0.2, 0) is 4.79 Å². The summed E-state index contributed by atoms with van der Waals surface area (Å²) in [5.74, 6) is -0.130. The summed E-state index contributed by atoms with van der Waals surface area (Å²) < 4.78 is 13.8. The predicted octanol–water partition coefficient (Wildman–Crippen LogP) is 4.89. The first kappa shape index (κ1) is 19.7. The molecule has 1 unspecified atom stereocenters. The number of aromatic amines is 1. The van der Waals surface area contributed by atoms with Gasteiger partial charge in [-0.2, -0.15) is 0 Å². The minimum absolute atomic E-state index is 0.125. The number of aromatic nitrogens is 3. The number of nitrogens with one attached hydrogen (secondary N) is 2. The number of halogens is 3. The Morgan fingerprint density at radius 2 is 2.04 bits per heavy atom. The highest BCUT2D eigenvalue weighted by Crippen LogP contribution is 2.26. The largest absolute Gasteiger partial charge is 0.349 e. The van der Waals surface area contributed by atoms with E-state index < -0.39 is 5.82 Å². The van der Waals surface area contributed by atoms with Gasteiger partial charge in [0.2, 0.25) is 11.1 Å². The summed E-state index contributed by atoms with van der Waals surface area (Å²) in [5, 5.41) is 10.8. The number of thioether (sulfide) groups is 1. The van der Waals surface area contributed by atoms with Crippen LogP contribution in [0.15, 0.2) is 47.6 Å². The van der Waals surface area contributed by atoms with Crippen LogP contribution in [0.1, 0.15) is 18.5 Å². The van der Waals surface area contributed by atoms with Crippen LogP contribution in [0.3, 0.4) is 0 Å². The van der Waals surface area contributed by atoms with Crippen molar-refractivity contribution in [2.24, 2.45) is 0 Å². The van der Waals surface area contributed by atoms with E-state index in [1.807, 2.05) is 13.0 Å². The SMILES string of the molecule is CC(NC(=O)CSc1n[nH]c(-c2ccccc2F)n1)c1ccc(Cl)c(Cl)c1. The monoisotopic (exact) mass is 424 g/mol. The van der Waals surface area contributed by atoms with Crippen LogP contribution >= 0.6 is 35.0 Å². The van der Waals surface area contributed by atoms with Crippen LogP contribution in [0.2, 0.25) is 10.0 Å². The first-order valence-electron chi connectivity index (χ1n) is 7.98. The van der Waals surface area contributed by atoms with E-state index in [-0.39, 0.29) is 17.7 Å². The third kappa shape index (κ3) is 5.00. The van der Waals surface area contributed by atoms with Gasteiger partial charge in [0.15, 0.2) is 5.82 Å². The second kappa shape index (κ2) is 8.73. The Hall–Kier alpha value is -2.09. The fourth-order valence-electron chi connectivity index (χ4n) is 2.36. The molecule has 1 atom stereocenters. The highest BCUT2D eigenvalue weighted by molar-refractivity contribution is 7.99. The topological polar surface area (TPSA) is 70.7 Å². The Labute approximate surface area is 169 Å². The third-order valence-corrected chi connectivity index (χ3v) is 5.33. The normalized spacial score (nSPS) is 12.0. The van der Waals surface area contributed by atoms with Crippen molar-refractivity contribution in [3.63, 3.8) is 0 Å². The second-order valence-electron chi connectivity index (χ2n) is 5.70.